The van der Waals surface area contributed by atoms with Gasteiger partial charge in [0.2, 0.25) is 5.95 Å². The van der Waals surface area contributed by atoms with Crippen LogP contribution < -0.4 is 11.1 Å². The van der Waals surface area contributed by atoms with E-state index in [0.717, 1.165) is 29.8 Å². The fourth-order valence-electron chi connectivity index (χ4n) is 3.02. The molecule has 0 aliphatic carbocycles. The molecule has 0 saturated heterocycles. The number of ether oxygens (including phenoxy) is 1. The van der Waals surface area contributed by atoms with Crippen LogP contribution in [0.15, 0.2) is 42.6 Å². The van der Waals surface area contributed by atoms with Crippen molar-refractivity contribution in [2.45, 2.75) is 26.7 Å². The van der Waals surface area contributed by atoms with E-state index in [1.54, 1.807) is 6.07 Å². The number of aryl methyl sites for hydroxylation is 2. The Labute approximate surface area is 170 Å². The molecule has 3 rings (SSSR count). The fraction of sp³-hybridized carbons (Fsp3) is 0.273. The minimum absolute atomic E-state index is 0.242. The first-order chi connectivity index (χ1) is 14.0. The van der Waals surface area contributed by atoms with Crippen LogP contribution >= 0.6 is 0 Å². The summed E-state index contributed by atoms with van der Waals surface area (Å²) >= 11 is 0. The van der Waals surface area contributed by atoms with E-state index in [4.69, 9.17) is 5.73 Å². The van der Waals surface area contributed by atoms with Crippen LogP contribution in [0.4, 0.5) is 11.8 Å². The lowest BCUT2D eigenvalue weighted by Gasteiger charge is -2.11. The monoisotopic (exact) mass is 391 g/mol. The van der Waals surface area contributed by atoms with E-state index in [2.05, 4.69) is 44.9 Å². The fourth-order valence-corrected chi connectivity index (χ4v) is 3.02. The number of rotatable bonds is 7. The molecule has 29 heavy (non-hydrogen) atoms. The predicted octanol–water partition coefficient (Wildman–Crippen LogP) is 3.57. The van der Waals surface area contributed by atoms with Crippen LogP contribution in [0.3, 0.4) is 0 Å². The second kappa shape index (κ2) is 9.14. The third kappa shape index (κ3) is 5.07. The molecule has 150 valence electrons. The van der Waals surface area contributed by atoms with Crippen LogP contribution in [0, 0.1) is 13.8 Å². The van der Waals surface area contributed by atoms with Crippen molar-refractivity contribution in [1.82, 2.24) is 15.0 Å². The van der Waals surface area contributed by atoms with Gasteiger partial charge in [-0.25, -0.2) is 9.78 Å². The van der Waals surface area contributed by atoms with E-state index in [9.17, 15) is 4.79 Å². The van der Waals surface area contributed by atoms with E-state index in [-0.39, 0.29) is 11.9 Å². The quantitative estimate of drug-likeness (QED) is 0.469. The van der Waals surface area contributed by atoms with Crippen molar-refractivity contribution < 1.29 is 9.53 Å². The highest BCUT2D eigenvalue weighted by molar-refractivity contribution is 5.88. The predicted molar refractivity (Wildman–Crippen MR) is 114 cm³/mol. The average Bonchev–Trinajstić information content (AvgIpc) is 2.72. The normalized spacial score (nSPS) is 10.6. The maximum absolute atomic E-state index is 11.4. The number of nitrogens with one attached hydrogen (secondary N) is 1. The Morgan fingerprint density at radius 3 is 2.72 bits per heavy atom. The van der Waals surface area contributed by atoms with Crippen LogP contribution in [-0.2, 0) is 11.2 Å². The Morgan fingerprint density at radius 2 is 2.00 bits per heavy atom. The van der Waals surface area contributed by atoms with Gasteiger partial charge in [0.15, 0.2) is 0 Å². The largest absolute Gasteiger partial charge is 0.465 e. The molecule has 1 aromatic carbocycles. The Hall–Kier alpha value is -3.48. The van der Waals surface area contributed by atoms with Crippen molar-refractivity contribution >= 4 is 17.7 Å². The second-order valence-corrected chi connectivity index (χ2v) is 6.80. The summed E-state index contributed by atoms with van der Waals surface area (Å²) in [6.07, 6.45) is 3.17. The topological polar surface area (TPSA) is 103 Å². The van der Waals surface area contributed by atoms with Gasteiger partial charge < -0.3 is 15.8 Å². The molecule has 0 atom stereocenters. The maximum Gasteiger partial charge on any atom is 0.339 e. The summed E-state index contributed by atoms with van der Waals surface area (Å²) < 4.78 is 4.68. The third-order valence-electron chi connectivity index (χ3n) is 4.79. The van der Waals surface area contributed by atoms with Crippen molar-refractivity contribution in [2.24, 2.45) is 0 Å². The van der Waals surface area contributed by atoms with Crippen molar-refractivity contribution in [3.63, 3.8) is 0 Å². The number of aromatic nitrogens is 3. The Kier molecular flexibility index (Phi) is 6.39. The number of esters is 1. The van der Waals surface area contributed by atoms with E-state index < -0.39 is 0 Å². The number of nitrogen functional groups attached to an aromatic ring is 1. The number of carbonyl (C=O) groups excluding carboxylic acids is 1. The van der Waals surface area contributed by atoms with Gasteiger partial charge in [0.1, 0.15) is 5.82 Å². The highest BCUT2D eigenvalue weighted by Gasteiger charge is 2.09. The van der Waals surface area contributed by atoms with Crippen LogP contribution in [0.25, 0.3) is 11.3 Å². The van der Waals surface area contributed by atoms with Gasteiger partial charge in [0.05, 0.1) is 18.4 Å². The van der Waals surface area contributed by atoms with E-state index in [1.165, 1.54) is 24.4 Å². The zero-order valence-electron chi connectivity index (χ0n) is 16.9. The lowest BCUT2D eigenvalue weighted by atomic mass is 10.0. The first kappa shape index (κ1) is 20.3. The number of carbonyl (C=O) groups is 1. The molecule has 0 saturated carbocycles. The van der Waals surface area contributed by atoms with Crippen LogP contribution in [-0.4, -0.2) is 34.6 Å². The summed E-state index contributed by atoms with van der Waals surface area (Å²) in [5, 5.41) is 3.31. The lowest BCUT2D eigenvalue weighted by Crippen LogP contribution is -2.08. The molecule has 0 radical (unpaired) electrons. The molecular weight excluding hydrogens is 366 g/mol. The molecule has 0 bridgehead atoms. The van der Waals surface area contributed by atoms with Gasteiger partial charge in [0, 0.05) is 30.1 Å². The second-order valence-electron chi connectivity index (χ2n) is 6.80. The summed E-state index contributed by atoms with van der Waals surface area (Å²) in [6.45, 7) is 4.87. The highest BCUT2D eigenvalue weighted by atomic mass is 16.5. The smallest absolute Gasteiger partial charge is 0.339 e. The van der Waals surface area contributed by atoms with Crippen molar-refractivity contribution in [1.29, 1.82) is 0 Å². The highest BCUT2D eigenvalue weighted by Crippen LogP contribution is 2.26. The number of benzene rings is 1. The SMILES string of the molecule is COC(=O)c1ccc(CCCNc2cc(-c3cccc(C)c3C)nc(N)n2)nc1. The molecule has 0 unspecified atom stereocenters. The molecule has 2 heterocycles. The molecule has 2 aromatic heterocycles. The zero-order valence-corrected chi connectivity index (χ0v) is 16.9. The first-order valence-electron chi connectivity index (χ1n) is 9.46. The van der Waals surface area contributed by atoms with Crippen molar-refractivity contribution in [3.8, 4) is 11.3 Å². The van der Waals surface area contributed by atoms with E-state index in [0.29, 0.717) is 17.9 Å². The third-order valence-corrected chi connectivity index (χ3v) is 4.79. The minimum atomic E-state index is -0.383. The maximum atomic E-state index is 11.4. The standard InChI is InChI=1S/C22H25N5O2/c1-14-6-4-8-18(15(14)2)19-12-20(27-22(23)26-19)24-11-5-7-17-10-9-16(13-25-17)21(28)29-3/h4,6,8-10,12-13H,5,7,11H2,1-3H3,(H3,23,24,26,27). The molecule has 3 N–H and O–H groups in total. The molecule has 0 fully saturated rings. The van der Waals surface area contributed by atoms with Gasteiger partial charge in [0.25, 0.3) is 0 Å². The van der Waals surface area contributed by atoms with Gasteiger partial charge in [-0.05, 0) is 49.9 Å². The summed E-state index contributed by atoms with van der Waals surface area (Å²) in [4.78, 5) is 24.4. The summed E-state index contributed by atoms with van der Waals surface area (Å²) in [5.74, 6) is 0.556. The van der Waals surface area contributed by atoms with Crippen molar-refractivity contribution in [2.75, 3.05) is 24.7 Å². The molecule has 3 aromatic rings. The number of nitrogens with two attached hydrogens (primary N) is 1. The first-order valence-corrected chi connectivity index (χ1v) is 9.46. The van der Waals surface area contributed by atoms with Gasteiger partial charge in [-0.1, -0.05) is 18.2 Å². The van der Waals surface area contributed by atoms with Gasteiger partial charge in [-0.3, -0.25) is 4.98 Å². The Morgan fingerprint density at radius 1 is 1.17 bits per heavy atom. The van der Waals surface area contributed by atoms with Gasteiger partial charge in [-0.15, -0.1) is 0 Å². The number of nitrogens with zero attached hydrogens (tertiary/aromatic N) is 3. The molecule has 0 aliphatic rings. The molecule has 7 heteroatoms. The molecule has 7 nitrogen and oxygen atoms in total. The summed E-state index contributed by atoms with van der Waals surface area (Å²) in [7, 11) is 1.35. The molecule has 0 aliphatic heterocycles. The number of methoxy groups -OCH3 is 1. The minimum Gasteiger partial charge on any atom is -0.465 e. The number of anilines is 2. The van der Waals surface area contributed by atoms with Gasteiger partial charge >= 0.3 is 5.97 Å². The number of hydrogen-bond donors (Lipinski definition) is 2. The number of hydrogen-bond acceptors (Lipinski definition) is 7. The van der Waals surface area contributed by atoms with Crippen molar-refractivity contribution in [3.05, 3.63) is 65.0 Å². The van der Waals surface area contributed by atoms with E-state index >= 15 is 0 Å². The zero-order chi connectivity index (χ0) is 20.8. The molecular formula is C22H25N5O2. The van der Waals surface area contributed by atoms with Crippen LogP contribution in [0.2, 0.25) is 0 Å². The summed E-state index contributed by atoms with van der Waals surface area (Å²) in [6, 6.07) is 11.6. The van der Waals surface area contributed by atoms with Gasteiger partial charge in [-0.2, -0.15) is 4.98 Å². The lowest BCUT2D eigenvalue weighted by molar-refractivity contribution is 0.0600. The number of pyridine rings is 1. The molecule has 0 amide bonds. The summed E-state index contributed by atoms with van der Waals surface area (Å²) in [5.41, 5.74) is 11.5. The van der Waals surface area contributed by atoms with Crippen LogP contribution in [0.1, 0.15) is 33.6 Å². The van der Waals surface area contributed by atoms with Crippen LogP contribution in [0.5, 0.6) is 0 Å². The average molecular weight is 391 g/mol. The Bertz CT molecular complexity index is 1000. The molecule has 0 spiro atoms. The Balaban J connectivity index is 1.60. The van der Waals surface area contributed by atoms with E-state index in [1.807, 2.05) is 24.3 Å².